The van der Waals surface area contributed by atoms with Crippen LogP contribution in [0.4, 0.5) is 10.1 Å². The number of anilines is 1. The maximum atomic E-state index is 13.7. The van der Waals surface area contributed by atoms with Crippen molar-refractivity contribution < 1.29 is 13.9 Å². The average Bonchev–Trinajstić information content (AvgIpc) is 2.93. The summed E-state index contributed by atoms with van der Waals surface area (Å²) in [5.74, 6) is 0.654. The van der Waals surface area contributed by atoms with E-state index < -0.39 is 0 Å². The minimum atomic E-state index is -0.351. The molecule has 1 aromatic heterocycles. The second-order valence-corrected chi connectivity index (χ2v) is 7.71. The fourth-order valence-corrected chi connectivity index (χ4v) is 3.72. The minimum absolute atomic E-state index is 0.161. The molecule has 1 unspecified atom stereocenters. The number of amides is 1. The fraction of sp³-hybridized carbons (Fsp3) is 0.348. The first-order chi connectivity index (χ1) is 15.0. The predicted molar refractivity (Wildman–Crippen MR) is 115 cm³/mol. The zero-order valence-electron chi connectivity index (χ0n) is 17.4. The molecule has 31 heavy (non-hydrogen) atoms. The van der Waals surface area contributed by atoms with Gasteiger partial charge in [-0.15, -0.1) is 0 Å². The van der Waals surface area contributed by atoms with Crippen molar-refractivity contribution in [1.29, 1.82) is 0 Å². The van der Waals surface area contributed by atoms with E-state index in [1.165, 1.54) is 10.7 Å². The van der Waals surface area contributed by atoms with Gasteiger partial charge in [-0.1, -0.05) is 24.3 Å². The molecule has 1 aliphatic rings. The molecule has 4 rings (SSSR count). The number of benzene rings is 2. The number of hydrogen-bond donors (Lipinski definition) is 1. The molecule has 0 bridgehead atoms. The van der Waals surface area contributed by atoms with Crippen molar-refractivity contribution in [3.8, 4) is 5.75 Å². The van der Waals surface area contributed by atoms with Gasteiger partial charge in [0.25, 0.3) is 0 Å². The Morgan fingerprint density at radius 3 is 2.81 bits per heavy atom. The molecule has 1 amide bonds. The van der Waals surface area contributed by atoms with Crippen LogP contribution in [-0.2, 0) is 24.3 Å². The summed E-state index contributed by atoms with van der Waals surface area (Å²) in [6, 6.07) is 14.1. The number of ether oxygens (including phenoxy) is 1. The number of halogens is 1. The highest BCUT2D eigenvalue weighted by molar-refractivity contribution is 5.92. The molecular weight excluding hydrogens is 399 g/mol. The molecule has 1 atom stereocenters. The third-order valence-electron chi connectivity index (χ3n) is 5.54. The van der Waals surface area contributed by atoms with Crippen LogP contribution >= 0.6 is 0 Å². The molecule has 0 spiro atoms. The van der Waals surface area contributed by atoms with Crippen LogP contribution in [0.15, 0.2) is 53.3 Å². The van der Waals surface area contributed by atoms with Gasteiger partial charge in [0.15, 0.2) is 0 Å². The molecule has 0 aliphatic carbocycles. The van der Waals surface area contributed by atoms with Crippen LogP contribution in [-0.4, -0.2) is 26.9 Å². The largest absolute Gasteiger partial charge is 0.492 e. The van der Waals surface area contributed by atoms with Crippen molar-refractivity contribution in [2.45, 2.75) is 39.3 Å². The molecule has 0 fully saturated rings. The summed E-state index contributed by atoms with van der Waals surface area (Å²) in [5, 5.41) is 7.23. The summed E-state index contributed by atoms with van der Waals surface area (Å²) in [4.78, 5) is 25.4. The van der Waals surface area contributed by atoms with Crippen LogP contribution in [0.3, 0.4) is 0 Å². The molecule has 8 heteroatoms. The first-order valence-electron chi connectivity index (χ1n) is 10.4. The third-order valence-corrected chi connectivity index (χ3v) is 5.54. The highest BCUT2D eigenvalue weighted by Crippen LogP contribution is 2.21. The van der Waals surface area contributed by atoms with E-state index >= 15 is 0 Å². The Balaban J connectivity index is 1.35. The lowest BCUT2D eigenvalue weighted by Gasteiger charge is -2.14. The van der Waals surface area contributed by atoms with Gasteiger partial charge in [0.2, 0.25) is 5.91 Å². The first-order valence-corrected chi connectivity index (χ1v) is 10.4. The van der Waals surface area contributed by atoms with E-state index in [9.17, 15) is 14.0 Å². The highest BCUT2D eigenvalue weighted by Gasteiger charge is 2.25. The van der Waals surface area contributed by atoms with E-state index in [0.29, 0.717) is 56.0 Å². The fourth-order valence-electron chi connectivity index (χ4n) is 3.72. The van der Waals surface area contributed by atoms with Crippen LogP contribution in [0, 0.1) is 18.7 Å². The molecule has 2 heterocycles. The van der Waals surface area contributed by atoms with Gasteiger partial charge in [0.1, 0.15) is 24.0 Å². The van der Waals surface area contributed by atoms with Crippen LogP contribution < -0.4 is 15.7 Å². The zero-order valence-corrected chi connectivity index (χ0v) is 17.4. The molecule has 1 aliphatic heterocycles. The lowest BCUT2D eigenvalue weighted by Crippen LogP contribution is -2.28. The smallest absolute Gasteiger partial charge is 0.346 e. The lowest BCUT2D eigenvalue weighted by molar-refractivity contribution is -0.120. The molecule has 7 nitrogen and oxygen atoms in total. The van der Waals surface area contributed by atoms with Gasteiger partial charge in [-0.25, -0.2) is 13.9 Å². The number of carbonyl (C=O) groups excluding carboxylic acids is 1. The van der Waals surface area contributed by atoms with Gasteiger partial charge in [0.05, 0.1) is 6.54 Å². The quantitative estimate of drug-likeness (QED) is 0.659. The topological polar surface area (TPSA) is 78.2 Å². The van der Waals surface area contributed by atoms with E-state index in [0.717, 1.165) is 5.75 Å². The maximum Gasteiger partial charge on any atom is 0.346 e. The van der Waals surface area contributed by atoms with Crippen LogP contribution in [0.2, 0.25) is 0 Å². The summed E-state index contributed by atoms with van der Waals surface area (Å²) in [6.45, 7) is 2.80. The van der Waals surface area contributed by atoms with Crippen molar-refractivity contribution in [1.82, 2.24) is 14.3 Å². The average molecular weight is 424 g/mol. The van der Waals surface area contributed by atoms with E-state index in [1.807, 2.05) is 30.3 Å². The Labute approximate surface area is 179 Å². The van der Waals surface area contributed by atoms with Crippen LogP contribution in [0.1, 0.15) is 24.2 Å². The molecular formula is C23H25FN4O3. The molecule has 0 saturated heterocycles. The highest BCUT2D eigenvalue weighted by atomic mass is 19.1. The van der Waals surface area contributed by atoms with Gasteiger partial charge in [-0.05, 0) is 49.6 Å². The van der Waals surface area contributed by atoms with E-state index in [-0.39, 0.29) is 23.3 Å². The second-order valence-electron chi connectivity index (χ2n) is 7.71. The summed E-state index contributed by atoms with van der Waals surface area (Å²) in [6.07, 6.45) is 1.64. The van der Waals surface area contributed by atoms with Crippen molar-refractivity contribution in [3.05, 3.63) is 76.2 Å². The van der Waals surface area contributed by atoms with Crippen molar-refractivity contribution in [2.24, 2.45) is 5.92 Å². The number of hydrogen-bond acceptors (Lipinski definition) is 4. The van der Waals surface area contributed by atoms with E-state index in [2.05, 4.69) is 10.4 Å². The van der Waals surface area contributed by atoms with Crippen molar-refractivity contribution in [2.75, 3.05) is 11.9 Å². The molecule has 162 valence electrons. The van der Waals surface area contributed by atoms with Crippen molar-refractivity contribution in [3.63, 3.8) is 0 Å². The second kappa shape index (κ2) is 9.16. The zero-order chi connectivity index (χ0) is 21.8. The van der Waals surface area contributed by atoms with Crippen molar-refractivity contribution >= 4 is 11.6 Å². The number of rotatable bonds is 6. The summed E-state index contributed by atoms with van der Waals surface area (Å²) >= 11 is 0. The Morgan fingerprint density at radius 2 is 2.03 bits per heavy atom. The molecule has 0 saturated carbocycles. The van der Waals surface area contributed by atoms with Crippen LogP contribution in [0.25, 0.3) is 0 Å². The summed E-state index contributed by atoms with van der Waals surface area (Å²) in [7, 11) is 0. The number of para-hydroxylation sites is 1. The Morgan fingerprint density at radius 1 is 1.23 bits per heavy atom. The van der Waals surface area contributed by atoms with Gasteiger partial charge < -0.3 is 10.1 Å². The van der Waals surface area contributed by atoms with Gasteiger partial charge in [-0.3, -0.25) is 9.36 Å². The Kier molecular flexibility index (Phi) is 6.16. The standard InChI is InChI=1S/C23H25FN4O3/c1-16-7-9-18(15-20(16)24)25-22(29)17-8-10-21-26-28(23(30)27(21)12-11-17)13-14-31-19-5-3-2-4-6-19/h2-7,9,15,17H,8,10-14H2,1H3,(H,25,29). The van der Waals surface area contributed by atoms with Crippen LogP contribution in [0.5, 0.6) is 5.75 Å². The van der Waals surface area contributed by atoms with Gasteiger partial charge in [0, 0.05) is 24.6 Å². The number of nitrogens with one attached hydrogen (secondary N) is 1. The number of aryl methyl sites for hydroxylation is 2. The third kappa shape index (κ3) is 4.84. The molecule has 1 N–H and O–H groups in total. The predicted octanol–water partition coefficient (Wildman–Crippen LogP) is 3.16. The summed E-state index contributed by atoms with van der Waals surface area (Å²) in [5.41, 5.74) is 0.785. The molecule has 2 aromatic carbocycles. The summed E-state index contributed by atoms with van der Waals surface area (Å²) < 4.78 is 22.5. The maximum absolute atomic E-state index is 13.7. The first kappa shape index (κ1) is 20.8. The van der Waals surface area contributed by atoms with Gasteiger partial charge >= 0.3 is 5.69 Å². The van der Waals surface area contributed by atoms with Gasteiger partial charge in [-0.2, -0.15) is 5.10 Å². The Hall–Kier alpha value is -3.42. The minimum Gasteiger partial charge on any atom is -0.492 e. The number of nitrogens with zero attached hydrogens (tertiary/aromatic N) is 3. The molecule has 0 radical (unpaired) electrons. The van der Waals surface area contributed by atoms with E-state index in [1.54, 1.807) is 23.6 Å². The Bertz CT molecular complexity index is 1120. The van der Waals surface area contributed by atoms with E-state index in [4.69, 9.17) is 4.74 Å². The lowest BCUT2D eigenvalue weighted by atomic mass is 9.99. The monoisotopic (exact) mass is 424 g/mol. The normalized spacial score (nSPS) is 15.7. The SMILES string of the molecule is Cc1ccc(NC(=O)C2CCc3nn(CCOc4ccccc4)c(=O)n3CC2)cc1F. The molecule has 3 aromatic rings. The number of fused-ring (bicyclic) bond motifs is 1. The number of carbonyl (C=O) groups is 1. The number of aromatic nitrogens is 3.